The molecule has 0 aliphatic heterocycles. The minimum absolute atomic E-state index is 0.0334. The molecule has 0 bridgehead atoms. The number of thiazole rings is 1. The average Bonchev–Trinajstić information content (AvgIpc) is 3.48. The minimum Gasteiger partial charge on any atom is -0.345 e. The van der Waals surface area contributed by atoms with E-state index in [9.17, 15) is 14.0 Å². The summed E-state index contributed by atoms with van der Waals surface area (Å²) in [6.07, 6.45) is 0. The van der Waals surface area contributed by atoms with Gasteiger partial charge in [0.1, 0.15) is 5.82 Å². The van der Waals surface area contributed by atoms with Crippen LogP contribution in [0.5, 0.6) is 0 Å². The molecule has 2 N–H and O–H groups in total. The third-order valence-electron chi connectivity index (χ3n) is 4.79. The van der Waals surface area contributed by atoms with Gasteiger partial charge < -0.3 is 15.2 Å². The number of hydrogen-bond acceptors (Lipinski definition) is 7. The predicted octanol–water partition coefficient (Wildman–Crippen LogP) is 4.22. The van der Waals surface area contributed by atoms with Gasteiger partial charge in [-0.1, -0.05) is 54.2 Å². The summed E-state index contributed by atoms with van der Waals surface area (Å²) in [6, 6.07) is 15.5. The SMILES string of the molecule is CCn1c(CNC(=O)c2ccccc2F)nnc1SCC(=O)Nc1nc(-c2ccccc2)cs1. The Balaban J connectivity index is 1.32. The number of nitrogens with one attached hydrogen (secondary N) is 2. The summed E-state index contributed by atoms with van der Waals surface area (Å²) in [5.41, 5.74) is 1.76. The smallest absolute Gasteiger partial charge is 0.254 e. The van der Waals surface area contributed by atoms with E-state index in [1.165, 1.54) is 41.3 Å². The van der Waals surface area contributed by atoms with E-state index < -0.39 is 11.7 Å². The number of rotatable bonds is 9. The fraction of sp³-hybridized carbons (Fsp3) is 0.174. The Hall–Kier alpha value is -3.57. The van der Waals surface area contributed by atoms with Gasteiger partial charge in [-0.05, 0) is 19.1 Å². The first-order chi connectivity index (χ1) is 16.5. The molecule has 34 heavy (non-hydrogen) atoms. The van der Waals surface area contributed by atoms with Crippen LogP contribution in [-0.4, -0.2) is 37.3 Å². The molecule has 0 radical (unpaired) electrons. The minimum atomic E-state index is -0.588. The van der Waals surface area contributed by atoms with Crippen molar-refractivity contribution in [3.8, 4) is 11.3 Å². The molecule has 0 fully saturated rings. The van der Waals surface area contributed by atoms with Crippen molar-refractivity contribution in [1.82, 2.24) is 25.1 Å². The van der Waals surface area contributed by atoms with Crippen molar-refractivity contribution in [2.24, 2.45) is 0 Å². The van der Waals surface area contributed by atoms with Crippen LogP contribution in [0.1, 0.15) is 23.1 Å². The maximum Gasteiger partial charge on any atom is 0.254 e. The molecule has 174 valence electrons. The summed E-state index contributed by atoms with van der Waals surface area (Å²) in [6.45, 7) is 2.55. The number of amides is 2. The molecule has 0 spiro atoms. The van der Waals surface area contributed by atoms with Gasteiger partial charge in [-0.2, -0.15) is 0 Å². The van der Waals surface area contributed by atoms with Crippen molar-refractivity contribution < 1.29 is 14.0 Å². The highest BCUT2D eigenvalue weighted by atomic mass is 32.2. The van der Waals surface area contributed by atoms with Crippen LogP contribution >= 0.6 is 23.1 Å². The van der Waals surface area contributed by atoms with Gasteiger partial charge in [0.15, 0.2) is 16.1 Å². The number of aromatic nitrogens is 4. The summed E-state index contributed by atoms with van der Waals surface area (Å²) in [7, 11) is 0. The maximum absolute atomic E-state index is 13.8. The highest BCUT2D eigenvalue weighted by Crippen LogP contribution is 2.25. The Bertz CT molecular complexity index is 1290. The molecule has 2 amide bonds. The summed E-state index contributed by atoms with van der Waals surface area (Å²) >= 11 is 2.60. The van der Waals surface area contributed by atoms with Crippen molar-refractivity contribution in [1.29, 1.82) is 0 Å². The maximum atomic E-state index is 13.8. The van der Waals surface area contributed by atoms with Gasteiger partial charge in [0.2, 0.25) is 5.91 Å². The molecule has 0 aliphatic carbocycles. The van der Waals surface area contributed by atoms with Crippen molar-refractivity contribution in [3.63, 3.8) is 0 Å². The third-order valence-corrected chi connectivity index (χ3v) is 6.51. The van der Waals surface area contributed by atoms with Crippen LogP contribution in [-0.2, 0) is 17.9 Å². The van der Waals surface area contributed by atoms with Crippen LogP contribution in [0.2, 0.25) is 0 Å². The standard InChI is InChI=1S/C23H21FN6O2S2/c1-2-30-19(12-25-21(32)16-10-6-7-11-17(16)24)28-29-23(30)34-14-20(31)27-22-26-18(13-33-22)15-8-4-3-5-9-15/h3-11,13H,2,12,14H2,1H3,(H,25,32)(H,26,27,31). The molecule has 0 saturated carbocycles. The van der Waals surface area contributed by atoms with E-state index >= 15 is 0 Å². The van der Waals surface area contributed by atoms with Crippen LogP contribution in [0, 0.1) is 5.82 Å². The highest BCUT2D eigenvalue weighted by Gasteiger charge is 2.16. The summed E-state index contributed by atoms with van der Waals surface area (Å²) in [5.74, 6) is -0.687. The normalized spacial score (nSPS) is 10.8. The molecule has 2 aromatic carbocycles. The van der Waals surface area contributed by atoms with Gasteiger partial charge in [-0.25, -0.2) is 9.37 Å². The van der Waals surface area contributed by atoms with E-state index in [2.05, 4.69) is 25.8 Å². The number of benzene rings is 2. The number of halogens is 1. The first-order valence-electron chi connectivity index (χ1n) is 10.4. The van der Waals surface area contributed by atoms with E-state index in [1.54, 1.807) is 10.6 Å². The van der Waals surface area contributed by atoms with Gasteiger partial charge in [-0.15, -0.1) is 21.5 Å². The van der Waals surface area contributed by atoms with Gasteiger partial charge in [-0.3, -0.25) is 9.59 Å². The number of nitrogens with zero attached hydrogens (tertiary/aromatic N) is 4. The molecule has 11 heteroatoms. The van der Waals surface area contributed by atoms with E-state index in [-0.39, 0.29) is 23.8 Å². The predicted molar refractivity (Wildman–Crippen MR) is 130 cm³/mol. The molecule has 0 unspecified atom stereocenters. The molecule has 8 nitrogen and oxygen atoms in total. The largest absolute Gasteiger partial charge is 0.345 e. The topological polar surface area (TPSA) is 102 Å². The summed E-state index contributed by atoms with van der Waals surface area (Å²) < 4.78 is 15.6. The van der Waals surface area contributed by atoms with Crippen molar-refractivity contribution >= 4 is 40.0 Å². The molecule has 4 aromatic rings. The Morgan fingerprint density at radius 1 is 1.09 bits per heavy atom. The Kier molecular flexibility index (Phi) is 7.65. The molecule has 2 aromatic heterocycles. The second-order valence-corrected chi connectivity index (χ2v) is 8.85. The molecular formula is C23H21FN6O2S2. The number of carbonyl (C=O) groups excluding carboxylic acids is 2. The summed E-state index contributed by atoms with van der Waals surface area (Å²) in [4.78, 5) is 29.1. The molecule has 2 heterocycles. The van der Waals surface area contributed by atoms with E-state index in [1.807, 2.05) is 42.6 Å². The van der Waals surface area contributed by atoms with Gasteiger partial charge in [0, 0.05) is 17.5 Å². The Morgan fingerprint density at radius 3 is 2.62 bits per heavy atom. The van der Waals surface area contributed by atoms with Gasteiger partial charge in [0.25, 0.3) is 5.91 Å². The zero-order valence-electron chi connectivity index (χ0n) is 18.2. The second-order valence-electron chi connectivity index (χ2n) is 7.05. The average molecular weight is 497 g/mol. The lowest BCUT2D eigenvalue weighted by Gasteiger charge is -2.09. The zero-order chi connectivity index (χ0) is 23.9. The molecule has 0 aliphatic rings. The van der Waals surface area contributed by atoms with E-state index in [0.717, 1.165) is 11.3 Å². The third kappa shape index (κ3) is 5.67. The highest BCUT2D eigenvalue weighted by molar-refractivity contribution is 7.99. The van der Waals surface area contributed by atoms with Gasteiger partial charge >= 0.3 is 0 Å². The fourth-order valence-corrected chi connectivity index (χ4v) is 4.69. The van der Waals surface area contributed by atoms with E-state index in [0.29, 0.717) is 22.7 Å². The van der Waals surface area contributed by atoms with Crippen LogP contribution in [0.4, 0.5) is 9.52 Å². The van der Waals surface area contributed by atoms with Gasteiger partial charge in [0.05, 0.1) is 23.6 Å². The molecule has 4 rings (SSSR count). The van der Waals surface area contributed by atoms with Crippen molar-refractivity contribution in [2.75, 3.05) is 11.1 Å². The molecular weight excluding hydrogens is 475 g/mol. The molecule has 0 atom stereocenters. The quantitative estimate of drug-likeness (QED) is 0.337. The number of thioether (sulfide) groups is 1. The molecule has 0 saturated heterocycles. The zero-order valence-corrected chi connectivity index (χ0v) is 19.8. The lowest BCUT2D eigenvalue weighted by Crippen LogP contribution is -2.25. The lowest BCUT2D eigenvalue weighted by molar-refractivity contribution is -0.113. The van der Waals surface area contributed by atoms with Crippen LogP contribution in [0.3, 0.4) is 0 Å². The fourth-order valence-electron chi connectivity index (χ4n) is 3.13. The van der Waals surface area contributed by atoms with Crippen molar-refractivity contribution in [2.45, 2.75) is 25.2 Å². The first-order valence-corrected chi connectivity index (χ1v) is 12.3. The van der Waals surface area contributed by atoms with Crippen LogP contribution in [0.15, 0.2) is 65.1 Å². The first kappa shape index (κ1) is 23.6. The number of hydrogen-bond donors (Lipinski definition) is 2. The Labute approximate surface area is 203 Å². The lowest BCUT2D eigenvalue weighted by atomic mass is 10.2. The number of carbonyl (C=O) groups is 2. The monoisotopic (exact) mass is 496 g/mol. The van der Waals surface area contributed by atoms with Crippen LogP contribution in [0.25, 0.3) is 11.3 Å². The second kappa shape index (κ2) is 11.0. The Morgan fingerprint density at radius 2 is 1.85 bits per heavy atom. The van der Waals surface area contributed by atoms with Crippen molar-refractivity contribution in [3.05, 3.63) is 77.2 Å². The summed E-state index contributed by atoms with van der Waals surface area (Å²) in [5, 5.41) is 16.7. The van der Waals surface area contributed by atoms with E-state index in [4.69, 9.17) is 0 Å². The van der Waals surface area contributed by atoms with Crippen LogP contribution < -0.4 is 10.6 Å². The number of anilines is 1.